The summed E-state index contributed by atoms with van der Waals surface area (Å²) in [7, 11) is -4.08. The molecule has 13 heteroatoms. The first kappa shape index (κ1) is 34.4. The molecule has 2 aromatic rings. The van der Waals surface area contributed by atoms with Crippen LogP contribution < -0.4 is 0 Å². The van der Waals surface area contributed by atoms with Gasteiger partial charge >= 0.3 is 12.1 Å². The van der Waals surface area contributed by atoms with Crippen LogP contribution >= 0.6 is 0 Å². The minimum Gasteiger partial charge on any atom is -0.458 e. The van der Waals surface area contributed by atoms with Gasteiger partial charge in [0.1, 0.15) is 11.6 Å². The van der Waals surface area contributed by atoms with Crippen LogP contribution in [0.15, 0.2) is 59.5 Å². The molecule has 246 valence electrons. The third kappa shape index (κ3) is 8.81. The largest absolute Gasteiger partial charge is 0.458 e. The van der Waals surface area contributed by atoms with Gasteiger partial charge in [-0.2, -0.15) is 9.37 Å². The van der Waals surface area contributed by atoms with Gasteiger partial charge in [0.2, 0.25) is 10.0 Å². The van der Waals surface area contributed by atoms with E-state index in [-0.39, 0.29) is 44.0 Å². The van der Waals surface area contributed by atoms with Crippen molar-refractivity contribution in [2.24, 2.45) is 0 Å². The maximum Gasteiger partial charge on any atom is 0.434 e. The van der Waals surface area contributed by atoms with Gasteiger partial charge in [0, 0.05) is 45.7 Å². The number of β-amino-alcohol motifs (C(OH)–C–C–N with tert-alkyl or cyclic N) is 1. The lowest BCUT2D eigenvalue weighted by atomic mass is 10.0. The van der Waals surface area contributed by atoms with Gasteiger partial charge in [-0.05, 0) is 58.2 Å². The van der Waals surface area contributed by atoms with Crippen molar-refractivity contribution in [1.29, 1.82) is 0 Å². The molecule has 1 N–H and O–H groups in total. The Morgan fingerprint density at radius 3 is 2.22 bits per heavy atom. The predicted molar refractivity (Wildman–Crippen MR) is 166 cm³/mol. The van der Waals surface area contributed by atoms with Gasteiger partial charge in [0.05, 0.1) is 11.5 Å². The van der Waals surface area contributed by atoms with Crippen LogP contribution in [0.3, 0.4) is 0 Å². The van der Waals surface area contributed by atoms with Crippen LogP contribution in [0.5, 0.6) is 0 Å². The Hall–Kier alpha value is -3.52. The van der Waals surface area contributed by atoms with E-state index in [1.165, 1.54) is 17.0 Å². The summed E-state index contributed by atoms with van der Waals surface area (Å²) in [6, 6.07) is 12.7. The van der Waals surface area contributed by atoms with E-state index in [1.807, 2.05) is 17.9 Å². The molecule has 2 heterocycles. The van der Waals surface area contributed by atoms with Gasteiger partial charge < -0.3 is 19.6 Å². The van der Waals surface area contributed by atoms with Crippen molar-refractivity contribution in [3.63, 3.8) is 0 Å². The van der Waals surface area contributed by atoms with E-state index < -0.39 is 45.7 Å². The second-order valence-corrected chi connectivity index (χ2v) is 14.3. The van der Waals surface area contributed by atoms with Crippen LogP contribution in [0.2, 0.25) is 0 Å². The molecule has 0 bridgehead atoms. The van der Waals surface area contributed by atoms with Crippen LogP contribution in [0.25, 0.3) is 0 Å². The average molecular weight is 645 g/mol. The molecule has 0 aromatic heterocycles. The summed E-state index contributed by atoms with van der Waals surface area (Å²) < 4.78 is 34.3. The Morgan fingerprint density at radius 1 is 0.978 bits per heavy atom. The van der Waals surface area contributed by atoms with Crippen LogP contribution in [-0.4, -0.2) is 114 Å². The van der Waals surface area contributed by atoms with Crippen molar-refractivity contribution in [3.05, 3.63) is 65.7 Å². The van der Waals surface area contributed by atoms with E-state index in [2.05, 4.69) is 0 Å². The van der Waals surface area contributed by atoms with Crippen LogP contribution in [0, 0.1) is 6.92 Å². The van der Waals surface area contributed by atoms with Gasteiger partial charge in [0.15, 0.2) is 6.04 Å². The summed E-state index contributed by atoms with van der Waals surface area (Å²) in [6.45, 7) is 9.05. The van der Waals surface area contributed by atoms with E-state index in [9.17, 15) is 27.9 Å². The van der Waals surface area contributed by atoms with E-state index in [4.69, 9.17) is 9.57 Å². The highest BCUT2D eigenvalue weighted by Crippen LogP contribution is 2.29. The molecule has 2 aliphatic rings. The highest BCUT2D eigenvalue weighted by Gasteiger charge is 2.46. The first-order valence-corrected chi connectivity index (χ1v) is 16.7. The number of carbonyl (C=O) groups is 3. The number of esters is 1. The average Bonchev–Trinajstić information content (AvgIpc) is 3.50. The molecule has 12 nitrogen and oxygen atoms in total. The molecule has 0 radical (unpaired) electrons. The Morgan fingerprint density at radius 2 is 1.62 bits per heavy atom. The smallest absolute Gasteiger partial charge is 0.434 e. The molecule has 0 spiro atoms. The van der Waals surface area contributed by atoms with Crippen molar-refractivity contribution in [2.45, 2.75) is 69.5 Å². The number of rotatable bonds is 9. The summed E-state index contributed by atoms with van der Waals surface area (Å²) in [6.07, 6.45) is -0.272. The number of aliphatic hydroxyl groups is 1. The molecule has 2 amide bonds. The van der Waals surface area contributed by atoms with Gasteiger partial charge in [-0.3, -0.25) is 9.69 Å². The zero-order valence-corrected chi connectivity index (χ0v) is 27.2. The summed E-state index contributed by atoms with van der Waals surface area (Å²) in [5.74, 6) is -1.60. The molecule has 4 rings (SSSR count). The number of hydrogen-bond donors (Lipinski definition) is 1. The third-order valence-corrected chi connectivity index (χ3v) is 9.71. The topological polar surface area (TPSA) is 137 Å². The van der Waals surface area contributed by atoms with Crippen molar-refractivity contribution in [2.75, 3.05) is 45.9 Å². The maximum absolute atomic E-state index is 14.4. The fraction of sp³-hybridized carbons (Fsp3) is 0.531. The maximum atomic E-state index is 14.4. The number of carbonyl (C=O) groups excluding carboxylic acids is 3. The van der Waals surface area contributed by atoms with Crippen LogP contribution in [0.4, 0.5) is 4.79 Å². The second kappa shape index (κ2) is 14.7. The van der Waals surface area contributed by atoms with Crippen molar-refractivity contribution >= 4 is 28.0 Å². The summed E-state index contributed by atoms with van der Waals surface area (Å²) in [5, 5.41) is 10.0. The molecule has 45 heavy (non-hydrogen) atoms. The SMILES string of the molecule is Cc1ccc(S(=O)(=O)N2CCC[C@H]2C(=O)N(OC(=O)N2CCN(CCO)CC2)[C@@H](Cc2ccccc2)C(=O)OC(C)(C)C)cc1. The van der Waals surface area contributed by atoms with Gasteiger partial charge in [-0.25, -0.2) is 18.0 Å². The number of nitrogens with zero attached hydrogens (tertiary/aromatic N) is 4. The van der Waals surface area contributed by atoms with Gasteiger partial charge in [-0.15, -0.1) is 0 Å². The molecule has 2 aromatic carbocycles. The van der Waals surface area contributed by atoms with E-state index >= 15 is 0 Å². The Balaban J connectivity index is 1.69. The minimum atomic E-state index is -4.08. The Kier molecular flexibility index (Phi) is 11.2. The highest BCUT2D eigenvalue weighted by atomic mass is 32.2. The second-order valence-electron chi connectivity index (χ2n) is 12.4. The number of aliphatic hydroxyl groups excluding tert-OH is 1. The Labute approximate surface area is 265 Å². The lowest BCUT2D eigenvalue weighted by Crippen LogP contribution is -2.57. The first-order valence-electron chi connectivity index (χ1n) is 15.3. The fourth-order valence-corrected chi connectivity index (χ4v) is 7.09. The monoisotopic (exact) mass is 644 g/mol. The van der Waals surface area contributed by atoms with E-state index in [1.54, 1.807) is 57.2 Å². The summed E-state index contributed by atoms with van der Waals surface area (Å²) in [5.41, 5.74) is 0.664. The van der Waals surface area contributed by atoms with E-state index in [0.717, 1.165) is 14.9 Å². The first-order chi connectivity index (χ1) is 21.3. The normalized spacial score (nSPS) is 18.8. The number of hydrogen-bond acceptors (Lipinski definition) is 9. The molecule has 0 unspecified atom stereocenters. The molecular weight excluding hydrogens is 600 g/mol. The quantitative estimate of drug-likeness (QED) is 0.323. The minimum absolute atomic E-state index is 0.00678. The Bertz CT molecular complexity index is 1420. The fourth-order valence-electron chi connectivity index (χ4n) is 5.44. The number of benzene rings is 2. The van der Waals surface area contributed by atoms with Gasteiger partial charge in [-0.1, -0.05) is 48.0 Å². The highest BCUT2D eigenvalue weighted by molar-refractivity contribution is 7.89. The predicted octanol–water partition coefficient (Wildman–Crippen LogP) is 2.59. The standard InChI is InChI=1S/C32H44N4O8S/c1-24-12-14-26(15-13-24)45(41,42)35-16-8-11-27(35)29(38)36(44-31(40)34-19-17-33(18-20-34)21-22-37)28(30(39)43-32(2,3)4)23-25-9-6-5-7-10-25/h5-7,9-10,12-15,27-28,37H,8,11,16-23H2,1-4H3/t27-,28-/m0/s1. The number of aryl methyl sites for hydroxylation is 1. The molecule has 2 saturated heterocycles. The number of hydroxylamine groups is 2. The van der Waals surface area contributed by atoms with Crippen LogP contribution in [-0.2, 0) is 35.6 Å². The number of amides is 2. The van der Waals surface area contributed by atoms with Crippen molar-refractivity contribution in [3.8, 4) is 0 Å². The summed E-state index contributed by atoms with van der Waals surface area (Å²) >= 11 is 0. The zero-order chi connectivity index (χ0) is 32.8. The molecule has 0 saturated carbocycles. The number of ether oxygens (including phenoxy) is 1. The van der Waals surface area contributed by atoms with Crippen molar-refractivity contribution < 1.29 is 37.5 Å². The van der Waals surface area contributed by atoms with Gasteiger partial charge in [0.25, 0.3) is 5.91 Å². The molecule has 2 atom stereocenters. The zero-order valence-electron chi connectivity index (χ0n) is 26.4. The lowest BCUT2D eigenvalue weighted by molar-refractivity contribution is -0.198. The van der Waals surface area contributed by atoms with E-state index in [0.29, 0.717) is 31.6 Å². The number of piperazine rings is 1. The molecule has 2 fully saturated rings. The van der Waals surface area contributed by atoms with Crippen molar-refractivity contribution in [1.82, 2.24) is 19.2 Å². The molecule has 2 aliphatic heterocycles. The lowest BCUT2D eigenvalue weighted by Gasteiger charge is -2.37. The van der Waals surface area contributed by atoms with Crippen LogP contribution in [0.1, 0.15) is 44.7 Å². The molecular formula is C32H44N4O8S. The number of sulfonamides is 1. The molecule has 0 aliphatic carbocycles. The third-order valence-electron chi connectivity index (χ3n) is 7.79. The summed E-state index contributed by atoms with van der Waals surface area (Å²) in [4.78, 5) is 51.0.